The Morgan fingerprint density at radius 2 is 1.86 bits per heavy atom. The Hall–Kier alpha value is -1.96. The highest BCUT2D eigenvalue weighted by Gasteiger charge is 1.97. The molecule has 14 heavy (non-hydrogen) atoms. The highest BCUT2D eigenvalue weighted by Crippen LogP contribution is 2.15. The van der Waals surface area contributed by atoms with Crippen LogP contribution in [0.5, 0.6) is 0 Å². The van der Waals surface area contributed by atoms with Gasteiger partial charge in [-0.15, -0.1) is 0 Å². The molecule has 0 N–H and O–H groups in total. The van der Waals surface area contributed by atoms with Crippen LogP contribution in [0.1, 0.15) is 5.56 Å². The average molecular weight is 181 g/mol. The zero-order chi connectivity index (χ0) is 9.80. The summed E-state index contributed by atoms with van der Waals surface area (Å²) in [4.78, 5) is 8.22. The van der Waals surface area contributed by atoms with Gasteiger partial charge in [0.25, 0.3) is 0 Å². The molecule has 0 aliphatic carbocycles. The Morgan fingerprint density at radius 1 is 1.07 bits per heavy atom. The first-order chi connectivity index (χ1) is 6.90. The maximum absolute atomic E-state index is 4.21. The van der Waals surface area contributed by atoms with Crippen LogP contribution in [0.2, 0.25) is 0 Å². The molecule has 0 atom stereocenters. The third-order valence-electron chi connectivity index (χ3n) is 1.95. The molecule has 0 unspecified atom stereocenters. The number of hydrogen-bond acceptors (Lipinski definition) is 2. The predicted molar refractivity (Wildman–Crippen MR) is 55.4 cm³/mol. The van der Waals surface area contributed by atoms with Gasteiger partial charge in [0.2, 0.25) is 0 Å². The number of benzene rings is 1. The van der Waals surface area contributed by atoms with Crippen molar-refractivity contribution in [2.24, 2.45) is 0 Å². The van der Waals surface area contributed by atoms with E-state index in [1.54, 1.807) is 18.6 Å². The zero-order valence-corrected chi connectivity index (χ0v) is 7.64. The number of rotatable bonds is 2. The highest BCUT2D eigenvalue weighted by molar-refractivity contribution is 5.58. The van der Waals surface area contributed by atoms with E-state index in [1.165, 1.54) is 0 Å². The van der Waals surface area contributed by atoms with Crippen LogP contribution < -0.4 is 0 Å². The van der Waals surface area contributed by atoms with Crippen LogP contribution in [0, 0.1) is 6.08 Å². The fraction of sp³-hybridized carbons (Fsp3) is 0. The first-order valence-electron chi connectivity index (χ1n) is 4.30. The van der Waals surface area contributed by atoms with Crippen molar-refractivity contribution < 1.29 is 0 Å². The minimum absolute atomic E-state index is 0.878. The summed E-state index contributed by atoms with van der Waals surface area (Å²) in [6, 6.07) is 7.88. The number of nitrogens with zero attached hydrogens (tertiary/aromatic N) is 2. The van der Waals surface area contributed by atoms with Gasteiger partial charge in [-0.2, -0.15) is 0 Å². The van der Waals surface area contributed by atoms with Crippen molar-refractivity contribution >= 4 is 0 Å². The summed E-state index contributed by atoms with van der Waals surface area (Å²) in [5.41, 5.74) is 2.91. The summed E-state index contributed by atoms with van der Waals surface area (Å²) in [7, 11) is 0. The van der Waals surface area contributed by atoms with Gasteiger partial charge >= 0.3 is 0 Å². The lowest BCUT2D eigenvalue weighted by Crippen LogP contribution is -1.83. The molecule has 2 rings (SSSR count). The summed E-state index contributed by atoms with van der Waals surface area (Å²) in [5, 5.41) is 0. The fourth-order valence-electron chi connectivity index (χ4n) is 1.21. The van der Waals surface area contributed by atoms with E-state index < -0.39 is 0 Å². The first kappa shape index (κ1) is 8.63. The van der Waals surface area contributed by atoms with Gasteiger partial charge in [0.15, 0.2) is 0 Å². The standard InChI is InChI=1S/C12H9N2/c1-2-10-3-5-11(6-4-10)12-9-13-7-8-14-12/h3-9H,1H2. The van der Waals surface area contributed by atoms with Crippen LogP contribution in [-0.2, 0) is 0 Å². The lowest BCUT2D eigenvalue weighted by molar-refractivity contribution is 1.21. The molecule has 67 valence electrons. The minimum atomic E-state index is 0.878. The predicted octanol–water partition coefficient (Wildman–Crippen LogP) is 2.48. The Bertz CT molecular complexity index is 418. The summed E-state index contributed by atoms with van der Waals surface area (Å²) < 4.78 is 0. The van der Waals surface area contributed by atoms with Crippen molar-refractivity contribution in [3.05, 3.63) is 61.1 Å². The molecule has 0 amide bonds. The highest BCUT2D eigenvalue weighted by atomic mass is 14.8. The molecular formula is C12H9N2. The van der Waals surface area contributed by atoms with Crippen LogP contribution in [0.15, 0.2) is 49.4 Å². The van der Waals surface area contributed by atoms with Gasteiger partial charge in [0.05, 0.1) is 11.9 Å². The van der Waals surface area contributed by atoms with E-state index in [4.69, 9.17) is 0 Å². The molecule has 2 nitrogen and oxygen atoms in total. The van der Waals surface area contributed by atoms with Gasteiger partial charge in [-0.1, -0.05) is 30.8 Å². The summed E-state index contributed by atoms with van der Waals surface area (Å²) in [5.74, 6) is 0. The van der Waals surface area contributed by atoms with Gasteiger partial charge in [-0.3, -0.25) is 9.97 Å². The molecule has 0 fully saturated rings. The second-order valence-electron chi connectivity index (χ2n) is 2.84. The second-order valence-corrected chi connectivity index (χ2v) is 2.84. The fourth-order valence-corrected chi connectivity index (χ4v) is 1.21. The number of hydrogen-bond donors (Lipinski definition) is 0. The Labute approximate surface area is 83.0 Å². The minimum Gasteiger partial charge on any atom is -0.261 e. The summed E-state index contributed by atoms with van der Waals surface area (Å²) >= 11 is 0. The summed E-state index contributed by atoms with van der Waals surface area (Å²) in [6.07, 6.45) is 7.91. The van der Waals surface area contributed by atoms with Crippen LogP contribution >= 0.6 is 0 Å². The van der Waals surface area contributed by atoms with Gasteiger partial charge in [-0.25, -0.2) is 0 Å². The van der Waals surface area contributed by atoms with Gasteiger partial charge in [-0.05, 0) is 11.6 Å². The zero-order valence-electron chi connectivity index (χ0n) is 7.64. The molecular weight excluding hydrogens is 172 g/mol. The monoisotopic (exact) mass is 181 g/mol. The molecule has 0 saturated heterocycles. The van der Waals surface area contributed by atoms with Crippen molar-refractivity contribution in [3.63, 3.8) is 0 Å². The van der Waals surface area contributed by atoms with E-state index in [0.29, 0.717) is 0 Å². The summed E-state index contributed by atoms with van der Waals surface area (Å²) in [6.45, 7) is 3.58. The molecule has 0 spiro atoms. The molecule has 1 aromatic carbocycles. The van der Waals surface area contributed by atoms with E-state index in [0.717, 1.165) is 16.8 Å². The molecule has 1 heterocycles. The van der Waals surface area contributed by atoms with E-state index >= 15 is 0 Å². The maximum Gasteiger partial charge on any atom is 0.0885 e. The molecule has 2 aromatic rings. The lowest BCUT2D eigenvalue weighted by atomic mass is 10.1. The molecule has 0 aliphatic heterocycles. The van der Waals surface area contributed by atoms with Crippen LogP contribution in [-0.4, -0.2) is 9.97 Å². The van der Waals surface area contributed by atoms with E-state index in [9.17, 15) is 0 Å². The average Bonchev–Trinajstić information content (AvgIpc) is 2.30. The van der Waals surface area contributed by atoms with Crippen molar-refractivity contribution in [1.82, 2.24) is 9.97 Å². The quantitative estimate of drug-likeness (QED) is 0.711. The molecule has 1 radical (unpaired) electrons. The maximum atomic E-state index is 4.21. The van der Waals surface area contributed by atoms with Crippen molar-refractivity contribution in [1.29, 1.82) is 0 Å². The Morgan fingerprint density at radius 3 is 2.43 bits per heavy atom. The smallest absolute Gasteiger partial charge is 0.0885 e. The third-order valence-corrected chi connectivity index (χ3v) is 1.95. The van der Waals surface area contributed by atoms with E-state index in [2.05, 4.69) is 22.6 Å². The molecule has 2 heteroatoms. The molecule has 1 aromatic heterocycles. The molecule has 0 aliphatic rings. The molecule has 0 saturated carbocycles. The third kappa shape index (κ3) is 1.69. The van der Waals surface area contributed by atoms with Crippen LogP contribution in [0.3, 0.4) is 0 Å². The van der Waals surface area contributed by atoms with Crippen molar-refractivity contribution in [2.75, 3.05) is 0 Å². The first-order valence-corrected chi connectivity index (χ1v) is 4.30. The van der Waals surface area contributed by atoms with Crippen LogP contribution in [0.4, 0.5) is 0 Å². The lowest BCUT2D eigenvalue weighted by Gasteiger charge is -1.99. The number of aromatic nitrogens is 2. The van der Waals surface area contributed by atoms with Gasteiger partial charge in [0, 0.05) is 18.0 Å². The second kappa shape index (κ2) is 3.83. The largest absolute Gasteiger partial charge is 0.261 e. The van der Waals surface area contributed by atoms with Crippen molar-refractivity contribution in [3.8, 4) is 11.3 Å². The van der Waals surface area contributed by atoms with Gasteiger partial charge < -0.3 is 0 Å². The van der Waals surface area contributed by atoms with E-state index in [-0.39, 0.29) is 0 Å². The van der Waals surface area contributed by atoms with Crippen LogP contribution in [0.25, 0.3) is 11.3 Å². The normalized spacial score (nSPS) is 9.71. The molecule has 0 bridgehead atoms. The van der Waals surface area contributed by atoms with Gasteiger partial charge in [0.1, 0.15) is 0 Å². The SMILES string of the molecule is C=[C]c1ccc(-c2cnccn2)cc1. The Kier molecular flexibility index (Phi) is 2.36. The Balaban J connectivity index is 2.39. The topological polar surface area (TPSA) is 25.8 Å². The van der Waals surface area contributed by atoms with Crippen molar-refractivity contribution in [2.45, 2.75) is 0 Å². The van der Waals surface area contributed by atoms with E-state index in [1.807, 2.05) is 24.3 Å².